The zero-order chi connectivity index (χ0) is 31.7. The molecule has 12 nitrogen and oxygen atoms in total. The van der Waals surface area contributed by atoms with Crippen LogP contribution >= 0.6 is 0 Å². The van der Waals surface area contributed by atoms with Crippen LogP contribution in [0.5, 0.6) is 0 Å². The molecule has 12 heteroatoms. The zero-order valence-corrected chi connectivity index (χ0v) is 23.6. The molecule has 0 aromatic heterocycles. The van der Waals surface area contributed by atoms with Crippen molar-refractivity contribution in [3.05, 3.63) is 35.5 Å². The van der Waals surface area contributed by atoms with Gasteiger partial charge in [0.2, 0.25) is 11.6 Å². The van der Waals surface area contributed by atoms with Gasteiger partial charge >= 0.3 is 0 Å². The van der Waals surface area contributed by atoms with E-state index < -0.39 is 40.3 Å². The molecule has 1 heterocycles. The Morgan fingerprint density at radius 1 is 0.718 bits per heavy atom. The van der Waals surface area contributed by atoms with Gasteiger partial charge in [0.25, 0.3) is 0 Å². The number of hydrogen-bond donors (Lipinski definition) is 2. The van der Waals surface area contributed by atoms with Gasteiger partial charge in [-0.2, -0.15) is 0 Å². The van der Waals surface area contributed by atoms with E-state index in [1.54, 1.807) is 0 Å². The molecule has 0 amide bonds. The summed E-state index contributed by atoms with van der Waals surface area (Å²) in [7, 11) is 0. The summed E-state index contributed by atoms with van der Waals surface area (Å²) in [5, 5.41) is 17.2. The molecule has 1 fully saturated rings. The topological polar surface area (TPSA) is 203 Å². The summed E-state index contributed by atoms with van der Waals surface area (Å²) in [6.07, 6.45) is 3.13. The van der Waals surface area contributed by atoms with Crippen LogP contribution in [0, 0.1) is 0 Å². The van der Waals surface area contributed by atoms with E-state index in [-0.39, 0.29) is 41.1 Å². The van der Waals surface area contributed by atoms with E-state index in [2.05, 4.69) is 0 Å². The minimum Gasteiger partial charge on any atom is -0.504 e. The second kappa shape index (κ2) is 18.8. The molecule has 0 unspecified atom stereocenters. The molecular formula is C27H36O12. The molecule has 0 spiro atoms. The maximum absolute atomic E-state index is 11.2. The number of rotatable bonds is 8. The molecule has 1 aliphatic heterocycles. The molecule has 0 aliphatic carbocycles. The quantitative estimate of drug-likeness (QED) is 0.193. The van der Waals surface area contributed by atoms with Gasteiger partial charge in [0, 0.05) is 39.0 Å². The van der Waals surface area contributed by atoms with E-state index in [0.717, 1.165) is 19.1 Å². The lowest BCUT2D eigenvalue weighted by Crippen LogP contribution is -2.16. The van der Waals surface area contributed by atoms with E-state index in [1.807, 2.05) is 13.8 Å². The highest BCUT2D eigenvalue weighted by Gasteiger charge is 2.35. The fraction of sp³-hybridized carbons (Fsp3) is 0.444. The van der Waals surface area contributed by atoms with Crippen LogP contribution in [0.4, 0.5) is 0 Å². The van der Waals surface area contributed by atoms with Gasteiger partial charge in [-0.1, -0.05) is 0 Å². The van der Waals surface area contributed by atoms with Gasteiger partial charge in [-0.25, -0.2) is 0 Å². The fourth-order valence-corrected chi connectivity index (χ4v) is 2.10. The van der Waals surface area contributed by atoms with Crippen LogP contribution in [0.3, 0.4) is 0 Å². The highest BCUT2D eigenvalue weighted by molar-refractivity contribution is 6.39. The Hall–Kier alpha value is -4.35. The van der Waals surface area contributed by atoms with E-state index in [0.29, 0.717) is 6.42 Å². The highest BCUT2D eigenvalue weighted by atomic mass is 16.5. The number of hydrogen-bond acceptors (Lipinski definition) is 12. The first kappa shape index (κ1) is 39.2. The van der Waals surface area contributed by atoms with Gasteiger partial charge in [-0.05, 0) is 41.5 Å². The maximum atomic E-state index is 11.2. The minimum atomic E-state index is -0.609. The maximum Gasteiger partial charge on any atom is 0.205 e. The Morgan fingerprint density at radius 3 is 1.26 bits per heavy atom. The van der Waals surface area contributed by atoms with Crippen LogP contribution in [-0.2, 0) is 47.9 Å². The second-order valence-electron chi connectivity index (χ2n) is 8.83. The van der Waals surface area contributed by atoms with Gasteiger partial charge < -0.3 is 14.9 Å². The van der Waals surface area contributed by atoms with Crippen molar-refractivity contribution >= 4 is 52.0 Å². The molecule has 1 aliphatic rings. The Kier molecular flexibility index (Phi) is 18.9. The van der Waals surface area contributed by atoms with Crippen molar-refractivity contribution in [1.82, 2.24) is 0 Å². The summed E-state index contributed by atoms with van der Waals surface area (Å²) in [5.41, 5.74) is -0.446. The van der Waals surface area contributed by atoms with Crippen LogP contribution in [0.15, 0.2) is 35.5 Å². The molecule has 0 bridgehead atoms. The molecule has 1 saturated heterocycles. The lowest BCUT2D eigenvalue weighted by molar-refractivity contribution is -0.137. The lowest BCUT2D eigenvalue weighted by atomic mass is 10.1. The predicted octanol–water partition coefficient (Wildman–Crippen LogP) is 2.56. The highest BCUT2D eigenvalue weighted by Crippen LogP contribution is 2.28. The Balaban J connectivity index is -0.000000448. The second-order valence-corrected chi connectivity index (χ2v) is 8.83. The number of allylic oxidation sites excluding steroid dienone is 6. The number of ether oxygens (including phenoxy) is 1. The molecule has 1 rings (SSSR count). The SMILES string of the molecule is CC(=O)/C=C(\O)C(C)=O.CC(=O)/C=C1\OC(C)(C)CC1=O.CC(=O)C=C(O)C(C)=O.CC(=O)CC(=O)C(C)=O. The number of aliphatic hydroxyl groups excluding tert-OH is 2. The van der Waals surface area contributed by atoms with Gasteiger partial charge in [0.15, 0.2) is 52.0 Å². The van der Waals surface area contributed by atoms with Gasteiger partial charge in [-0.15, -0.1) is 0 Å². The number of carbonyl (C=O) groups excluding carboxylic acids is 9. The minimum absolute atomic E-state index is 0.0878. The first-order chi connectivity index (χ1) is 17.5. The first-order valence-corrected chi connectivity index (χ1v) is 11.3. The molecule has 39 heavy (non-hydrogen) atoms. The molecule has 0 radical (unpaired) electrons. The Morgan fingerprint density at radius 2 is 1.10 bits per heavy atom. The van der Waals surface area contributed by atoms with E-state index in [1.165, 1.54) is 47.6 Å². The monoisotopic (exact) mass is 552 g/mol. The van der Waals surface area contributed by atoms with Crippen LogP contribution in [0.2, 0.25) is 0 Å². The van der Waals surface area contributed by atoms with E-state index in [4.69, 9.17) is 14.9 Å². The Bertz CT molecular complexity index is 1060. The molecule has 0 aromatic carbocycles. The number of ketones is 9. The third-order valence-electron chi connectivity index (χ3n) is 3.79. The summed E-state index contributed by atoms with van der Waals surface area (Å²) in [6.45, 7) is 12.4. The summed E-state index contributed by atoms with van der Waals surface area (Å²) >= 11 is 0. The lowest BCUT2D eigenvalue weighted by Gasteiger charge is -2.15. The van der Waals surface area contributed by atoms with Crippen LogP contribution in [0.1, 0.15) is 75.2 Å². The van der Waals surface area contributed by atoms with Gasteiger partial charge in [0.1, 0.15) is 11.4 Å². The zero-order valence-electron chi connectivity index (χ0n) is 23.6. The predicted molar refractivity (Wildman–Crippen MR) is 139 cm³/mol. The molecule has 2 N–H and O–H groups in total. The van der Waals surface area contributed by atoms with Crippen molar-refractivity contribution in [2.45, 2.75) is 80.8 Å². The molecule has 0 aromatic rings. The van der Waals surface area contributed by atoms with Crippen molar-refractivity contribution < 1.29 is 58.1 Å². The average molecular weight is 553 g/mol. The fourth-order valence-electron chi connectivity index (χ4n) is 2.10. The number of aliphatic hydroxyl groups is 2. The summed E-state index contributed by atoms with van der Waals surface area (Å²) in [4.78, 5) is 93.3. The number of carbonyl (C=O) groups is 9. The van der Waals surface area contributed by atoms with Crippen LogP contribution in [0.25, 0.3) is 0 Å². The number of Topliss-reactive ketones (excluding diaryl/α,β-unsaturated/α-hetero) is 6. The van der Waals surface area contributed by atoms with E-state index in [9.17, 15) is 43.2 Å². The molecule has 0 atom stereocenters. The van der Waals surface area contributed by atoms with Crippen molar-refractivity contribution in [2.24, 2.45) is 0 Å². The third kappa shape index (κ3) is 23.8. The van der Waals surface area contributed by atoms with Crippen molar-refractivity contribution in [3.63, 3.8) is 0 Å². The van der Waals surface area contributed by atoms with Crippen LogP contribution < -0.4 is 0 Å². The molecular weight excluding hydrogens is 516 g/mol. The normalized spacial score (nSPS) is 14.6. The van der Waals surface area contributed by atoms with Gasteiger partial charge in [0.05, 0.1) is 12.8 Å². The first-order valence-electron chi connectivity index (χ1n) is 11.3. The smallest absolute Gasteiger partial charge is 0.205 e. The van der Waals surface area contributed by atoms with Crippen molar-refractivity contribution in [3.8, 4) is 0 Å². The summed E-state index contributed by atoms with van der Waals surface area (Å²) in [5.74, 6) is -4.09. The molecule has 216 valence electrons. The van der Waals surface area contributed by atoms with E-state index >= 15 is 0 Å². The average Bonchev–Trinajstić information content (AvgIpc) is 2.98. The standard InChI is InChI=1S/C9H12O3.3C6H8O3/c1-6(10)4-8-7(11)5-9(2,3)12-8;3*1-4(7)3-6(9)5(2)8/h4H,5H2,1-3H3;3H2,1-2H3;2*3,9H,1-2H3/b8-4-;;6-3-;. The van der Waals surface area contributed by atoms with Gasteiger partial charge in [-0.3, -0.25) is 43.2 Å². The Labute approximate surface area is 226 Å². The largest absolute Gasteiger partial charge is 0.504 e. The summed E-state index contributed by atoms with van der Waals surface area (Å²) in [6, 6.07) is 0. The van der Waals surface area contributed by atoms with Crippen LogP contribution in [-0.4, -0.2) is 67.9 Å². The van der Waals surface area contributed by atoms with Crippen molar-refractivity contribution in [2.75, 3.05) is 0 Å². The molecule has 0 saturated carbocycles. The van der Waals surface area contributed by atoms with Crippen molar-refractivity contribution in [1.29, 1.82) is 0 Å². The summed E-state index contributed by atoms with van der Waals surface area (Å²) < 4.78 is 5.26. The third-order valence-corrected chi connectivity index (χ3v) is 3.79.